The van der Waals surface area contributed by atoms with Crippen LogP contribution in [0.3, 0.4) is 0 Å². The summed E-state index contributed by atoms with van der Waals surface area (Å²) in [5.41, 5.74) is 9.48. The number of benzene rings is 2. The van der Waals surface area contributed by atoms with Gasteiger partial charge in [0.2, 0.25) is 10.0 Å². The molecule has 2 aromatic rings. The molecule has 0 amide bonds. The molecule has 110 valence electrons. The first-order valence-corrected chi connectivity index (χ1v) is 8.49. The Hall–Kier alpha value is -1.85. The monoisotopic (exact) mass is 302 g/mol. The molecule has 0 saturated heterocycles. The van der Waals surface area contributed by atoms with Gasteiger partial charge in [-0.1, -0.05) is 36.4 Å². The minimum atomic E-state index is -3.33. The van der Waals surface area contributed by atoms with E-state index in [2.05, 4.69) is 4.72 Å². The van der Waals surface area contributed by atoms with E-state index in [-0.39, 0.29) is 11.8 Å². The first kappa shape index (κ1) is 14.1. The van der Waals surface area contributed by atoms with Gasteiger partial charge in [-0.3, -0.25) is 0 Å². The zero-order valence-corrected chi connectivity index (χ0v) is 12.4. The van der Waals surface area contributed by atoms with Crippen LogP contribution in [-0.2, 0) is 29.4 Å². The number of nitrogens with one attached hydrogen (secondary N) is 1. The third kappa shape index (κ3) is 3.09. The van der Waals surface area contributed by atoms with E-state index >= 15 is 0 Å². The SMILES string of the molecule is Nc1cccc(CNS(=O)(=O)C2Cc3ccccc3C2)c1. The first-order chi connectivity index (χ1) is 10.0. The van der Waals surface area contributed by atoms with Crippen molar-refractivity contribution in [3.05, 3.63) is 65.2 Å². The predicted molar refractivity (Wildman–Crippen MR) is 84.3 cm³/mol. The highest BCUT2D eigenvalue weighted by Gasteiger charge is 2.31. The molecule has 0 spiro atoms. The van der Waals surface area contributed by atoms with Crippen LogP contribution < -0.4 is 10.5 Å². The Morgan fingerprint density at radius 1 is 1.05 bits per heavy atom. The summed E-state index contributed by atoms with van der Waals surface area (Å²) in [4.78, 5) is 0. The summed E-state index contributed by atoms with van der Waals surface area (Å²) in [5, 5.41) is -0.379. The molecule has 0 radical (unpaired) electrons. The molecule has 0 unspecified atom stereocenters. The average molecular weight is 302 g/mol. The van der Waals surface area contributed by atoms with Crippen molar-refractivity contribution in [3.8, 4) is 0 Å². The molecule has 0 aliphatic heterocycles. The second kappa shape index (κ2) is 5.50. The van der Waals surface area contributed by atoms with Gasteiger partial charge in [0.15, 0.2) is 0 Å². The molecule has 1 aliphatic carbocycles. The summed E-state index contributed by atoms with van der Waals surface area (Å²) in [6.07, 6.45) is 1.17. The number of nitrogens with two attached hydrogens (primary N) is 1. The standard InChI is InChI=1S/C16H18N2O2S/c17-15-7-3-4-12(8-15)11-18-21(19,20)16-9-13-5-1-2-6-14(13)10-16/h1-8,16,18H,9-11,17H2. The molecule has 21 heavy (non-hydrogen) atoms. The minimum Gasteiger partial charge on any atom is -0.399 e. The maximum absolute atomic E-state index is 12.4. The maximum Gasteiger partial charge on any atom is 0.215 e. The van der Waals surface area contributed by atoms with Crippen LogP contribution in [0.2, 0.25) is 0 Å². The van der Waals surface area contributed by atoms with Gasteiger partial charge in [0.05, 0.1) is 5.25 Å². The van der Waals surface area contributed by atoms with E-state index in [1.807, 2.05) is 36.4 Å². The van der Waals surface area contributed by atoms with E-state index in [0.717, 1.165) is 16.7 Å². The summed E-state index contributed by atoms with van der Waals surface area (Å²) in [6, 6.07) is 15.2. The smallest absolute Gasteiger partial charge is 0.215 e. The Balaban J connectivity index is 1.69. The highest BCUT2D eigenvalue weighted by atomic mass is 32.2. The lowest BCUT2D eigenvalue weighted by molar-refractivity contribution is 0.565. The zero-order valence-electron chi connectivity index (χ0n) is 11.6. The molecule has 5 heteroatoms. The van der Waals surface area contributed by atoms with Gasteiger partial charge in [0, 0.05) is 12.2 Å². The molecule has 4 nitrogen and oxygen atoms in total. The fourth-order valence-corrected chi connectivity index (χ4v) is 4.14. The molecule has 0 atom stereocenters. The Labute approximate surface area is 125 Å². The van der Waals surface area contributed by atoms with E-state index < -0.39 is 10.0 Å². The van der Waals surface area contributed by atoms with E-state index in [9.17, 15) is 8.42 Å². The summed E-state index contributed by atoms with van der Waals surface area (Å²) in [6.45, 7) is 0.278. The van der Waals surface area contributed by atoms with Crippen LogP contribution in [0.25, 0.3) is 0 Å². The van der Waals surface area contributed by atoms with Crippen LogP contribution in [0.15, 0.2) is 48.5 Å². The number of anilines is 1. The number of sulfonamides is 1. The zero-order chi connectivity index (χ0) is 14.9. The average Bonchev–Trinajstić information content (AvgIpc) is 2.90. The molecule has 1 aliphatic rings. The third-order valence-corrected chi connectivity index (χ3v) is 5.64. The normalized spacial score (nSPS) is 15.0. The summed E-state index contributed by atoms with van der Waals surface area (Å²) in [7, 11) is -3.33. The maximum atomic E-state index is 12.4. The lowest BCUT2D eigenvalue weighted by Gasteiger charge is -2.12. The number of nitrogen functional groups attached to an aromatic ring is 1. The largest absolute Gasteiger partial charge is 0.399 e. The molecule has 2 aromatic carbocycles. The van der Waals surface area contributed by atoms with Crippen LogP contribution in [-0.4, -0.2) is 13.7 Å². The second-order valence-electron chi connectivity index (χ2n) is 5.41. The van der Waals surface area contributed by atoms with Crippen LogP contribution in [0.5, 0.6) is 0 Å². The molecule has 0 saturated carbocycles. The van der Waals surface area contributed by atoms with E-state index in [1.54, 1.807) is 12.1 Å². The Morgan fingerprint density at radius 2 is 1.71 bits per heavy atom. The fraction of sp³-hybridized carbons (Fsp3) is 0.250. The molecule has 3 rings (SSSR count). The van der Waals surface area contributed by atoms with Crippen molar-refractivity contribution in [2.75, 3.05) is 5.73 Å². The van der Waals surface area contributed by atoms with Gasteiger partial charge in [-0.2, -0.15) is 0 Å². The third-order valence-electron chi connectivity index (χ3n) is 3.88. The summed E-state index contributed by atoms with van der Waals surface area (Å²) < 4.78 is 27.5. The van der Waals surface area contributed by atoms with Crippen molar-refractivity contribution in [1.82, 2.24) is 4.72 Å². The van der Waals surface area contributed by atoms with Gasteiger partial charge in [0.1, 0.15) is 0 Å². The quantitative estimate of drug-likeness (QED) is 0.847. The van der Waals surface area contributed by atoms with E-state index in [0.29, 0.717) is 18.5 Å². The van der Waals surface area contributed by atoms with E-state index in [4.69, 9.17) is 5.73 Å². The Kier molecular flexibility index (Phi) is 3.69. The van der Waals surface area contributed by atoms with Crippen LogP contribution in [0, 0.1) is 0 Å². The van der Waals surface area contributed by atoms with Crippen molar-refractivity contribution in [3.63, 3.8) is 0 Å². The van der Waals surface area contributed by atoms with Crippen molar-refractivity contribution in [1.29, 1.82) is 0 Å². The highest BCUT2D eigenvalue weighted by molar-refractivity contribution is 7.90. The lowest BCUT2D eigenvalue weighted by atomic mass is 10.1. The first-order valence-electron chi connectivity index (χ1n) is 6.94. The van der Waals surface area contributed by atoms with Gasteiger partial charge < -0.3 is 5.73 Å². The van der Waals surface area contributed by atoms with Gasteiger partial charge in [-0.25, -0.2) is 13.1 Å². The topological polar surface area (TPSA) is 72.2 Å². The number of fused-ring (bicyclic) bond motifs is 1. The predicted octanol–water partition coefficient (Wildman–Crippen LogP) is 1.86. The molecular formula is C16H18N2O2S. The van der Waals surface area contributed by atoms with Crippen LogP contribution in [0.4, 0.5) is 5.69 Å². The molecule has 0 heterocycles. The van der Waals surface area contributed by atoms with Gasteiger partial charge in [-0.15, -0.1) is 0 Å². The Morgan fingerprint density at radius 3 is 2.33 bits per heavy atom. The Bertz CT molecular complexity index is 731. The van der Waals surface area contributed by atoms with Crippen molar-refractivity contribution < 1.29 is 8.42 Å². The lowest BCUT2D eigenvalue weighted by Crippen LogP contribution is -2.34. The van der Waals surface area contributed by atoms with Crippen LogP contribution in [0.1, 0.15) is 16.7 Å². The fourth-order valence-electron chi connectivity index (χ4n) is 2.74. The molecule has 0 aromatic heterocycles. The second-order valence-corrected chi connectivity index (χ2v) is 7.46. The number of hydrogen-bond donors (Lipinski definition) is 2. The molecular weight excluding hydrogens is 284 g/mol. The number of rotatable bonds is 4. The van der Waals surface area contributed by atoms with Crippen molar-refractivity contribution in [2.24, 2.45) is 0 Å². The number of hydrogen-bond acceptors (Lipinski definition) is 3. The molecule has 3 N–H and O–H groups in total. The summed E-state index contributed by atoms with van der Waals surface area (Å²) >= 11 is 0. The highest BCUT2D eigenvalue weighted by Crippen LogP contribution is 2.26. The molecule has 0 bridgehead atoms. The minimum absolute atomic E-state index is 0.278. The van der Waals surface area contributed by atoms with Gasteiger partial charge in [0.25, 0.3) is 0 Å². The summed E-state index contributed by atoms with van der Waals surface area (Å²) in [5.74, 6) is 0. The van der Waals surface area contributed by atoms with Crippen LogP contribution >= 0.6 is 0 Å². The van der Waals surface area contributed by atoms with Crippen molar-refractivity contribution >= 4 is 15.7 Å². The van der Waals surface area contributed by atoms with Gasteiger partial charge >= 0.3 is 0 Å². The van der Waals surface area contributed by atoms with E-state index in [1.165, 1.54) is 0 Å². The van der Waals surface area contributed by atoms with Crippen molar-refractivity contribution in [2.45, 2.75) is 24.6 Å². The molecule has 0 fully saturated rings. The van der Waals surface area contributed by atoms with Gasteiger partial charge in [-0.05, 0) is 41.7 Å².